The van der Waals surface area contributed by atoms with E-state index in [9.17, 15) is 13.2 Å². The molecule has 1 amide bonds. The van der Waals surface area contributed by atoms with Gasteiger partial charge in [0, 0.05) is 11.8 Å². The number of carbonyl (C=O) groups is 1. The van der Waals surface area contributed by atoms with Crippen LogP contribution in [0.3, 0.4) is 0 Å². The molecule has 5 nitrogen and oxygen atoms in total. The Hall–Kier alpha value is -1.05. The second-order valence-corrected chi connectivity index (χ2v) is 9.81. The van der Waals surface area contributed by atoms with E-state index in [1.165, 1.54) is 11.8 Å². The van der Waals surface area contributed by atoms with E-state index in [0.717, 1.165) is 11.1 Å². The second-order valence-electron chi connectivity index (χ2n) is 6.29. The van der Waals surface area contributed by atoms with E-state index < -0.39 is 9.84 Å². The van der Waals surface area contributed by atoms with Gasteiger partial charge in [0.25, 0.3) is 0 Å². The number of thioether (sulfide) groups is 1. The summed E-state index contributed by atoms with van der Waals surface area (Å²) in [4.78, 5) is 11.9. The summed E-state index contributed by atoms with van der Waals surface area (Å²) in [5.41, 5.74) is 2.11. The summed E-state index contributed by atoms with van der Waals surface area (Å²) in [5.74, 6) is 0.685. The van der Waals surface area contributed by atoms with Crippen LogP contribution >= 0.6 is 11.8 Å². The lowest BCUT2D eigenvalue weighted by molar-refractivity contribution is -0.118. The Kier molecular flexibility index (Phi) is 7.13. The Morgan fingerprint density at radius 2 is 2.12 bits per heavy atom. The molecule has 1 N–H and O–H groups in total. The number of rotatable bonds is 8. The van der Waals surface area contributed by atoms with Gasteiger partial charge in [0.2, 0.25) is 5.91 Å². The molecule has 7 heteroatoms. The molecule has 24 heavy (non-hydrogen) atoms. The molecule has 1 atom stereocenters. The Morgan fingerprint density at radius 1 is 1.38 bits per heavy atom. The van der Waals surface area contributed by atoms with Gasteiger partial charge in [-0.05, 0) is 31.4 Å². The van der Waals surface area contributed by atoms with E-state index in [1.54, 1.807) is 0 Å². The lowest BCUT2D eigenvalue weighted by atomic mass is 10.1. The fourth-order valence-electron chi connectivity index (χ4n) is 2.43. The van der Waals surface area contributed by atoms with Gasteiger partial charge in [0.1, 0.15) is 0 Å². The van der Waals surface area contributed by atoms with Crippen LogP contribution < -0.4 is 5.32 Å². The first kappa shape index (κ1) is 19.3. The van der Waals surface area contributed by atoms with E-state index in [1.807, 2.05) is 38.1 Å². The minimum absolute atomic E-state index is 0.0530. The summed E-state index contributed by atoms with van der Waals surface area (Å²) < 4.78 is 28.4. The smallest absolute Gasteiger partial charge is 0.230 e. The zero-order valence-electron chi connectivity index (χ0n) is 14.2. The minimum Gasteiger partial charge on any atom is -0.374 e. The number of amides is 1. The zero-order valence-corrected chi connectivity index (χ0v) is 15.8. The topological polar surface area (TPSA) is 72.5 Å². The highest BCUT2D eigenvalue weighted by Gasteiger charge is 2.28. The standard InChI is InChI=1S/C17H25NO4S2/c1-13(2)22-10-15-5-3-4-14(8-15)9-18-17(19)11-23-16-6-7-24(20,21)12-16/h3-5,8,13,16H,6-7,9-12H2,1-2H3,(H,18,19)/t16-/m1/s1. The van der Waals surface area contributed by atoms with Crippen molar-refractivity contribution in [3.05, 3.63) is 35.4 Å². The first-order valence-electron chi connectivity index (χ1n) is 8.12. The molecule has 1 heterocycles. The highest BCUT2D eigenvalue weighted by molar-refractivity contribution is 8.02. The van der Waals surface area contributed by atoms with Crippen molar-refractivity contribution in [3.8, 4) is 0 Å². The van der Waals surface area contributed by atoms with Gasteiger partial charge >= 0.3 is 0 Å². The van der Waals surface area contributed by atoms with Gasteiger partial charge in [0.15, 0.2) is 9.84 Å². The van der Waals surface area contributed by atoms with Crippen molar-refractivity contribution in [1.29, 1.82) is 0 Å². The molecule has 0 unspecified atom stereocenters. The molecule has 0 aromatic heterocycles. The van der Waals surface area contributed by atoms with Crippen molar-refractivity contribution in [2.24, 2.45) is 0 Å². The van der Waals surface area contributed by atoms with E-state index in [0.29, 0.717) is 25.3 Å². The van der Waals surface area contributed by atoms with Crippen LogP contribution in [0.1, 0.15) is 31.4 Å². The first-order chi connectivity index (χ1) is 11.3. The van der Waals surface area contributed by atoms with Crippen molar-refractivity contribution >= 4 is 27.5 Å². The number of nitrogens with one attached hydrogen (secondary N) is 1. The monoisotopic (exact) mass is 371 g/mol. The van der Waals surface area contributed by atoms with Crippen molar-refractivity contribution in [3.63, 3.8) is 0 Å². The Balaban J connectivity index is 1.72. The van der Waals surface area contributed by atoms with Crippen LogP contribution in [0.2, 0.25) is 0 Å². The fourth-order valence-corrected chi connectivity index (χ4v) is 5.90. The van der Waals surface area contributed by atoms with E-state index in [4.69, 9.17) is 4.74 Å². The third-order valence-electron chi connectivity index (χ3n) is 3.71. The molecule has 134 valence electrons. The second kappa shape index (κ2) is 8.87. The molecule has 2 rings (SSSR count). The number of hydrogen-bond donors (Lipinski definition) is 1. The van der Waals surface area contributed by atoms with Crippen molar-refractivity contribution in [2.75, 3.05) is 17.3 Å². The summed E-state index contributed by atoms with van der Waals surface area (Å²) in [5, 5.41) is 2.94. The van der Waals surface area contributed by atoms with Crippen LogP contribution in [0.4, 0.5) is 0 Å². The average Bonchev–Trinajstić information content (AvgIpc) is 2.88. The van der Waals surface area contributed by atoms with Gasteiger partial charge < -0.3 is 10.1 Å². The molecule has 1 aliphatic rings. The van der Waals surface area contributed by atoms with Crippen molar-refractivity contribution in [1.82, 2.24) is 5.32 Å². The molecular formula is C17H25NO4S2. The molecule has 1 saturated heterocycles. The molecule has 0 spiro atoms. The van der Waals surface area contributed by atoms with Gasteiger partial charge in [-0.2, -0.15) is 0 Å². The van der Waals surface area contributed by atoms with Gasteiger partial charge in [-0.15, -0.1) is 11.8 Å². The predicted octanol–water partition coefficient (Wildman–Crippen LogP) is 2.15. The van der Waals surface area contributed by atoms with Crippen molar-refractivity contribution in [2.45, 2.75) is 44.8 Å². The molecule has 1 aromatic carbocycles. The summed E-state index contributed by atoms with van der Waals surface area (Å²) >= 11 is 1.43. The Morgan fingerprint density at radius 3 is 2.79 bits per heavy atom. The van der Waals surface area contributed by atoms with E-state index in [-0.39, 0.29) is 28.8 Å². The number of benzene rings is 1. The fraction of sp³-hybridized carbons (Fsp3) is 0.588. The zero-order chi connectivity index (χ0) is 17.6. The summed E-state index contributed by atoms with van der Waals surface area (Å²) in [6.45, 7) is 5.03. The maximum atomic E-state index is 11.9. The molecule has 1 aromatic rings. The van der Waals surface area contributed by atoms with Crippen LogP contribution in [-0.4, -0.2) is 42.9 Å². The Bertz CT molecular complexity index is 658. The molecule has 0 saturated carbocycles. The minimum atomic E-state index is -2.88. The summed E-state index contributed by atoms with van der Waals surface area (Å²) in [6.07, 6.45) is 0.836. The Labute approximate surface area is 148 Å². The highest BCUT2D eigenvalue weighted by Crippen LogP contribution is 2.23. The van der Waals surface area contributed by atoms with E-state index >= 15 is 0 Å². The van der Waals surface area contributed by atoms with Crippen LogP contribution in [0.15, 0.2) is 24.3 Å². The molecule has 0 aliphatic carbocycles. The van der Waals surface area contributed by atoms with Gasteiger partial charge in [-0.25, -0.2) is 8.42 Å². The number of ether oxygens (including phenoxy) is 1. The van der Waals surface area contributed by atoms with Gasteiger partial charge in [0.05, 0.1) is 30.0 Å². The number of sulfone groups is 1. The molecule has 1 fully saturated rings. The lowest BCUT2D eigenvalue weighted by Crippen LogP contribution is -2.25. The quantitative estimate of drug-likeness (QED) is 0.758. The van der Waals surface area contributed by atoms with Crippen LogP contribution in [0.5, 0.6) is 0 Å². The first-order valence-corrected chi connectivity index (χ1v) is 11.0. The molecule has 1 aliphatic heterocycles. The molecule has 0 bridgehead atoms. The highest BCUT2D eigenvalue weighted by atomic mass is 32.2. The maximum Gasteiger partial charge on any atom is 0.230 e. The summed E-state index contributed by atoms with van der Waals surface area (Å²) in [7, 11) is -2.88. The van der Waals surface area contributed by atoms with Crippen molar-refractivity contribution < 1.29 is 17.9 Å². The third-order valence-corrected chi connectivity index (χ3v) is 6.99. The largest absolute Gasteiger partial charge is 0.374 e. The normalized spacial score (nSPS) is 19.5. The van der Waals surface area contributed by atoms with Crippen LogP contribution in [-0.2, 0) is 32.5 Å². The lowest BCUT2D eigenvalue weighted by Gasteiger charge is -2.10. The van der Waals surface area contributed by atoms with Crippen LogP contribution in [0, 0.1) is 0 Å². The van der Waals surface area contributed by atoms with Gasteiger partial charge in [-0.3, -0.25) is 4.79 Å². The predicted molar refractivity (Wildman–Crippen MR) is 97.7 cm³/mol. The van der Waals surface area contributed by atoms with Crippen LogP contribution in [0.25, 0.3) is 0 Å². The number of hydrogen-bond acceptors (Lipinski definition) is 5. The maximum absolute atomic E-state index is 11.9. The summed E-state index contributed by atoms with van der Waals surface area (Å²) in [6, 6.07) is 7.96. The molecular weight excluding hydrogens is 346 g/mol. The number of carbonyl (C=O) groups excluding carboxylic acids is 1. The van der Waals surface area contributed by atoms with Gasteiger partial charge in [-0.1, -0.05) is 24.3 Å². The van der Waals surface area contributed by atoms with E-state index in [2.05, 4.69) is 5.32 Å². The molecule has 0 radical (unpaired) electrons. The third kappa shape index (κ3) is 6.83. The SMILES string of the molecule is CC(C)OCc1cccc(CNC(=O)CS[C@@H]2CCS(=O)(=O)C2)c1. The average molecular weight is 372 g/mol.